The molecule has 2 rings (SSSR count). The van der Waals surface area contributed by atoms with Gasteiger partial charge in [-0.15, -0.1) is 0 Å². The van der Waals surface area contributed by atoms with Crippen molar-refractivity contribution in [3.63, 3.8) is 0 Å². The number of aliphatic carboxylic acids is 1. The number of carboxylic acid groups (broad SMARTS) is 1. The number of nitrogens with zero attached hydrogens (tertiary/aromatic N) is 2. The van der Waals surface area contributed by atoms with E-state index in [2.05, 4.69) is 47.5 Å². The first kappa shape index (κ1) is 75.4. The van der Waals surface area contributed by atoms with Crippen molar-refractivity contribution in [2.75, 3.05) is 26.2 Å². The highest BCUT2D eigenvalue weighted by Gasteiger charge is 2.41. The van der Waals surface area contributed by atoms with Crippen LogP contribution in [0.2, 0.25) is 0 Å². The number of amides is 10. The summed E-state index contributed by atoms with van der Waals surface area (Å²) in [5, 5.41) is 51.8. The van der Waals surface area contributed by atoms with Crippen LogP contribution in [0.1, 0.15) is 138 Å². The summed E-state index contributed by atoms with van der Waals surface area (Å²) in [6, 6.07) is -7.72. The lowest BCUT2D eigenvalue weighted by molar-refractivity contribution is -0.145. The van der Waals surface area contributed by atoms with Crippen molar-refractivity contribution in [1.29, 1.82) is 0 Å². The van der Waals surface area contributed by atoms with Gasteiger partial charge in [0.1, 0.15) is 60.1 Å². The highest BCUT2D eigenvalue weighted by molar-refractivity contribution is 5.99. The molecule has 490 valence electrons. The molecule has 0 spiro atoms. The van der Waals surface area contributed by atoms with Crippen molar-refractivity contribution < 1.29 is 68.1 Å². The number of unbranched alkanes of at least 4 members (excludes halogenated alkanes) is 2. The third kappa shape index (κ3) is 26.8. The molecule has 1 aliphatic heterocycles. The normalized spacial score (nSPS) is 16.5. The highest BCUT2D eigenvalue weighted by Crippen LogP contribution is 2.22. The van der Waals surface area contributed by atoms with E-state index in [9.17, 15) is 68.1 Å². The van der Waals surface area contributed by atoms with Crippen LogP contribution in [0.5, 0.6) is 5.75 Å². The zero-order valence-corrected chi connectivity index (χ0v) is 51.3. The number of phenols is 1. The second-order valence-electron chi connectivity index (χ2n) is 23.2. The van der Waals surface area contributed by atoms with E-state index in [0.29, 0.717) is 37.7 Å². The molecule has 1 aromatic rings. The predicted molar refractivity (Wildman–Crippen MR) is 323 cm³/mol. The summed E-state index contributed by atoms with van der Waals surface area (Å²) in [4.78, 5) is 155. The molecule has 1 aromatic carbocycles. The quantitative estimate of drug-likeness (QED) is 0.0172. The topological polar surface area (TPSA) is 516 Å². The Morgan fingerprint density at radius 1 is 0.586 bits per heavy atom. The number of likely N-dealkylation sites (tertiary alicyclic amines) is 1. The number of nitrogens with two attached hydrogens (primary N) is 6. The van der Waals surface area contributed by atoms with Gasteiger partial charge in [0, 0.05) is 25.9 Å². The van der Waals surface area contributed by atoms with Gasteiger partial charge in [-0.25, -0.2) is 4.79 Å². The average Bonchev–Trinajstić information content (AvgIpc) is 2.37. The molecule has 0 bridgehead atoms. The molecular formula is C57H98N16O14. The number of nitrogens with one attached hydrogen (secondary N) is 8. The van der Waals surface area contributed by atoms with E-state index in [1.165, 1.54) is 36.1 Å². The fraction of sp³-hybridized carbons (Fsp3) is 0.684. The Kier molecular flexibility index (Phi) is 33.3. The summed E-state index contributed by atoms with van der Waals surface area (Å²) < 4.78 is 0. The van der Waals surface area contributed by atoms with Crippen molar-refractivity contribution in [1.82, 2.24) is 47.4 Å². The first-order chi connectivity index (χ1) is 40.9. The first-order valence-electron chi connectivity index (χ1n) is 29.8. The standard InChI is InChI=1S/C57H98N16O14/c1-30(2)28-36(60)47(77)70-44(31(3)4)53(83)66-39(16-12-26-64-57(62)63)49(79)69-41(29-34-18-20-35(75)21-19-34)51(81)72-46(33(7)74)54(84)67-37(14-8-10-24-58)48(78)65-38(15-9-11-25-59)50(80)71-45(32(5)6)55(85)73-27-13-17-42(73)52(82)68-40(56(86)87)22-23-43(61)76/h18-21,30-33,36-42,44-46,74-75H,8-17,22-29,58-60H2,1-7H3,(H2,61,76)(H,65,78)(H,66,83)(H,67,84)(H,68,82)(H,69,79)(H,70,77)(H,71,80)(H,72,81)(H,86,87)(H4,62,63,64)/t33-,36+,37+,38+,39+,40+,41+,42+,44+,45+,46+/m1/s1. The van der Waals surface area contributed by atoms with Crippen LogP contribution < -0.4 is 76.9 Å². The van der Waals surface area contributed by atoms with Crippen molar-refractivity contribution in [2.24, 2.45) is 57.1 Å². The van der Waals surface area contributed by atoms with Crippen LogP contribution in [0, 0.1) is 17.8 Å². The molecule has 1 aliphatic rings. The summed E-state index contributed by atoms with van der Waals surface area (Å²) in [6.07, 6.45) is -0.183. The van der Waals surface area contributed by atoms with E-state index in [0.717, 1.165) is 0 Å². The van der Waals surface area contributed by atoms with Gasteiger partial charge in [-0.3, -0.25) is 52.9 Å². The molecule has 1 fully saturated rings. The molecule has 0 aliphatic carbocycles. The molecule has 0 saturated carbocycles. The zero-order chi connectivity index (χ0) is 65.7. The van der Waals surface area contributed by atoms with Gasteiger partial charge < -0.3 is 97.2 Å². The molecule has 11 atom stereocenters. The van der Waals surface area contributed by atoms with E-state index in [1.807, 2.05) is 13.8 Å². The summed E-state index contributed by atoms with van der Waals surface area (Å²) in [5.74, 6) is -10.8. The number of aromatic hydroxyl groups is 1. The van der Waals surface area contributed by atoms with Crippen molar-refractivity contribution >= 4 is 71.0 Å². The molecule has 30 nitrogen and oxygen atoms in total. The molecule has 0 unspecified atom stereocenters. The monoisotopic (exact) mass is 1230 g/mol. The Morgan fingerprint density at radius 2 is 1.06 bits per heavy atom. The van der Waals surface area contributed by atoms with E-state index < -0.39 is 143 Å². The maximum absolute atomic E-state index is 14.5. The third-order valence-electron chi connectivity index (χ3n) is 14.5. The number of primary amides is 1. The number of carboxylic acids is 1. The van der Waals surface area contributed by atoms with Crippen LogP contribution in [-0.2, 0) is 59.2 Å². The van der Waals surface area contributed by atoms with E-state index in [1.54, 1.807) is 27.7 Å². The van der Waals surface area contributed by atoms with Crippen LogP contribution in [0.15, 0.2) is 29.3 Å². The van der Waals surface area contributed by atoms with Crippen LogP contribution in [0.3, 0.4) is 0 Å². The number of phenolic OH excluding ortho intramolecular Hbond substituents is 1. The second-order valence-corrected chi connectivity index (χ2v) is 23.2. The maximum atomic E-state index is 14.5. The van der Waals surface area contributed by atoms with Gasteiger partial charge in [-0.05, 0) is 133 Å². The van der Waals surface area contributed by atoms with Gasteiger partial charge in [0.05, 0.1) is 12.1 Å². The van der Waals surface area contributed by atoms with Gasteiger partial charge in [0.2, 0.25) is 59.1 Å². The summed E-state index contributed by atoms with van der Waals surface area (Å²) in [5.41, 5.74) is 34.4. The summed E-state index contributed by atoms with van der Waals surface area (Å²) in [6.45, 7) is 12.2. The third-order valence-corrected chi connectivity index (χ3v) is 14.5. The highest BCUT2D eigenvalue weighted by atomic mass is 16.4. The van der Waals surface area contributed by atoms with Crippen LogP contribution in [0.25, 0.3) is 0 Å². The number of rotatable bonds is 40. The van der Waals surface area contributed by atoms with Crippen LogP contribution >= 0.6 is 0 Å². The molecule has 23 N–H and O–H groups in total. The second kappa shape index (κ2) is 38.5. The minimum atomic E-state index is -1.79. The van der Waals surface area contributed by atoms with E-state index in [4.69, 9.17) is 34.4 Å². The number of aliphatic hydroxyl groups is 1. The number of aliphatic imine (C=N–C) groups is 1. The maximum Gasteiger partial charge on any atom is 0.326 e. The summed E-state index contributed by atoms with van der Waals surface area (Å²) in [7, 11) is 0. The zero-order valence-electron chi connectivity index (χ0n) is 51.3. The lowest BCUT2D eigenvalue weighted by atomic mass is 9.99. The molecule has 0 aromatic heterocycles. The Bertz CT molecular complexity index is 2480. The lowest BCUT2D eigenvalue weighted by Gasteiger charge is -2.32. The molecule has 1 heterocycles. The molecule has 0 radical (unpaired) electrons. The van der Waals surface area contributed by atoms with Crippen molar-refractivity contribution in [3.8, 4) is 5.75 Å². The predicted octanol–water partition coefficient (Wildman–Crippen LogP) is -3.47. The van der Waals surface area contributed by atoms with Gasteiger partial charge >= 0.3 is 5.97 Å². The molecule has 87 heavy (non-hydrogen) atoms. The van der Waals surface area contributed by atoms with Crippen LogP contribution in [-0.4, -0.2) is 184 Å². The average molecular weight is 1230 g/mol. The Balaban J connectivity index is 2.51. The number of guanidine groups is 1. The number of carbonyl (C=O) groups is 11. The number of benzene rings is 1. The van der Waals surface area contributed by atoms with Crippen molar-refractivity contribution in [2.45, 2.75) is 205 Å². The van der Waals surface area contributed by atoms with E-state index >= 15 is 0 Å². The molecular weight excluding hydrogens is 1130 g/mol. The van der Waals surface area contributed by atoms with Gasteiger partial charge in [0.25, 0.3) is 0 Å². The minimum absolute atomic E-state index is 0.0111. The fourth-order valence-electron chi connectivity index (χ4n) is 9.57. The fourth-order valence-corrected chi connectivity index (χ4v) is 9.57. The molecule has 1 saturated heterocycles. The van der Waals surface area contributed by atoms with Crippen molar-refractivity contribution in [3.05, 3.63) is 29.8 Å². The smallest absolute Gasteiger partial charge is 0.326 e. The number of aliphatic hydroxyl groups excluding tert-OH is 1. The van der Waals surface area contributed by atoms with Gasteiger partial charge in [-0.2, -0.15) is 0 Å². The summed E-state index contributed by atoms with van der Waals surface area (Å²) >= 11 is 0. The SMILES string of the molecule is CC(C)C[C@H](N)C(=O)N[C@H](C(=O)N[C@@H](CCCN=C(N)N)C(=O)N[C@@H](Cc1ccc(O)cc1)C(=O)N[C@H](C(=O)N[C@@H](CCCCN)C(=O)N[C@@H](CCCCN)C(=O)N[C@H](C(=O)N1CCC[C@H]1C(=O)N[C@@H](CCC(N)=O)C(=O)O)C(C)C)[C@@H](C)O)C(C)C. The number of hydrogen-bond donors (Lipinski definition) is 17. The van der Waals surface area contributed by atoms with Crippen LogP contribution in [0.4, 0.5) is 0 Å². The number of hydrogen-bond acceptors (Lipinski definition) is 17. The lowest BCUT2D eigenvalue weighted by Crippen LogP contribution is -2.62. The Morgan fingerprint density at radius 3 is 1.54 bits per heavy atom. The van der Waals surface area contributed by atoms with Gasteiger partial charge in [0.15, 0.2) is 5.96 Å². The minimum Gasteiger partial charge on any atom is -0.508 e. The molecule has 10 amide bonds. The van der Waals surface area contributed by atoms with E-state index in [-0.39, 0.29) is 102 Å². The Hall–Kier alpha value is -7.70. The molecule has 30 heteroatoms. The Labute approximate surface area is 508 Å². The number of carbonyl (C=O) groups excluding carboxylic acids is 10. The first-order valence-corrected chi connectivity index (χ1v) is 29.8. The van der Waals surface area contributed by atoms with Gasteiger partial charge in [-0.1, -0.05) is 53.7 Å². The largest absolute Gasteiger partial charge is 0.508 e.